The second kappa shape index (κ2) is 5.97. The summed E-state index contributed by atoms with van der Waals surface area (Å²) in [4.78, 5) is 18.8. The Balaban J connectivity index is 1.64. The van der Waals surface area contributed by atoms with Crippen molar-refractivity contribution in [3.63, 3.8) is 0 Å². The Morgan fingerprint density at radius 1 is 1.24 bits per heavy atom. The molecule has 0 radical (unpaired) electrons. The van der Waals surface area contributed by atoms with E-state index in [-0.39, 0.29) is 17.3 Å². The predicted octanol–water partition coefficient (Wildman–Crippen LogP) is 4.76. The van der Waals surface area contributed by atoms with Crippen LogP contribution in [0, 0.1) is 12.7 Å². The minimum absolute atomic E-state index is 0.122. The Bertz CT molecular complexity index is 1070. The van der Waals surface area contributed by atoms with Crippen LogP contribution >= 0.6 is 11.3 Å². The largest absolute Gasteiger partial charge is 0.448 e. The fourth-order valence-corrected chi connectivity index (χ4v) is 3.87. The van der Waals surface area contributed by atoms with E-state index in [0.29, 0.717) is 17.5 Å². The molecule has 126 valence electrons. The van der Waals surface area contributed by atoms with Crippen LogP contribution in [0.1, 0.15) is 21.1 Å². The van der Waals surface area contributed by atoms with E-state index in [1.165, 1.54) is 6.07 Å². The lowest BCUT2D eigenvalue weighted by atomic mass is 10.1. The molecule has 0 saturated heterocycles. The number of furan rings is 1. The molecule has 0 unspecified atom stereocenters. The molecule has 4 aromatic rings. The number of aromatic nitrogens is 1. The molecular weight excluding hydrogens is 339 g/mol. The van der Waals surface area contributed by atoms with Gasteiger partial charge in [0.25, 0.3) is 5.91 Å². The number of aryl methyl sites for hydroxylation is 1. The zero-order valence-electron chi connectivity index (χ0n) is 13.7. The van der Waals surface area contributed by atoms with E-state index in [0.717, 1.165) is 15.2 Å². The fraction of sp³-hybridized carbons (Fsp3) is 0.158. The standard InChI is InChI=1S/C19H15FN2O2S/c1-11-12-6-5-7-13(20)18(12)24-17(11)19(23)22(2)10-16-21-14-8-3-4-9-15(14)25-16/h3-9H,10H2,1-2H3. The highest BCUT2D eigenvalue weighted by molar-refractivity contribution is 7.18. The molecule has 0 aliphatic carbocycles. The van der Waals surface area contributed by atoms with Gasteiger partial charge < -0.3 is 9.32 Å². The van der Waals surface area contributed by atoms with E-state index >= 15 is 0 Å². The lowest BCUT2D eigenvalue weighted by Crippen LogP contribution is -2.26. The second-order valence-corrected chi connectivity index (χ2v) is 7.02. The fourth-order valence-electron chi connectivity index (χ4n) is 2.85. The number of carbonyl (C=O) groups excluding carboxylic acids is 1. The van der Waals surface area contributed by atoms with E-state index < -0.39 is 5.82 Å². The van der Waals surface area contributed by atoms with Crippen LogP contribution in [0.5, 0.6) is 0 Å². The van der Waals surface area contributed by atoms with Crippen LogP contribution in [0.25, 0.3) is 21.2 Å². The zero-order chi connectivity index (χ0) is 17.6. The topological polar surface area (TPSA) is 46.3 Å². The first-order chi connectivity index (χ1) is 12.0. The smallest absolute Gasteiger partial charge is 0.290 e. The molecule has 4 rings (SSSR count). The van der Waals surface area contributed by atoms with Crippen molar-refractivity contribution in [3.8, 4) is 0 Å². The minimum atomic E-state index is -0.464. The second-order valence-electron chi connectivity index (χ2n) is 5.91. The lowest BCUT2D eigenvalue weighted by Gasteiger charge is -2.14. The van der Waals surface area contributed by atoms with Crippen molar-refractivity contribution < 1.29 is 13.6 Å². The van der Waals surface area contributed by atoms with Crippen LogP contribution in [-0.4, -0.2) is 22.8 Å². The first kappa shape index (κ1) is 15.8. The van der Waals surface area contributed by atoms with Gasteiger partial charge in [0.2, 0.25) is 0 Å². The molecule has 0 saturated carbocycles. The van der Waals surface area contributed by atoms with Gasteiger partial charge in [0.05, 0.1) is 16.8 Å². The van der Waals surface area contributed by atoms with Crippen LogP contribution in [0.2, 0.25) is 0 Å². The van der Waals surface area contributed by atoms with E-state index in [2.05, 4.69) is 4.98 Å². The van der Waals surface area contributed by atoms with E-state index in [9.17, 15) is 9.18 Å². The third-order valence-electron chi connectivity index (χ3n) is 4.17. The van der Waals surface area contributed by atoms with Gasteiger partial charge in [-0.15, -0.1) is 11.3 Å². The quantitative estimate of drug-likeness (QED) is 0.533. The molecule has 2 heterocycles. The summed E-state index contributed by atoms with van der Waals surface area (Å²) in [7, 11) is 1.69. The highest BCUT2D eigenvalue weighted by atomic mass is 32.1. The van der Waals surface area contributed by atoms with Gasteiger partial charge in [0.15, 0.2) is 17.2 Å². The van der Waals surface area contributed by atoms with Crippen LogP contribution in [0.3, 0.4) is 0 Å². The molecule has 2 aromatic carbocycles. The number of hydrogen-bond acceptors (Lipinski definition) is 4. The van der Waals surface area contributed by atoms with E-state index in [4.69, 9.17) is 4.42 Å². The molecule has 0 atom stereocenters. The molecule has 4 nitrogen and oxygen atoms in total. The number of rotatable bonds is 3. The lowest BCUT2D eigenvalue weighted by molar-refractivity contribution is 0.0754. The number of carbonyl (C=O) groups is 1. The first-order valence-electron chi connectivity index (χ1n) is 7.82. The number of para-hydroxylation sites is 2. The van der Waals surface area contributed by atoms with Gasteiger partial charge in [0.1, 0.15) is 5.01 Å². The SMILES string of the molecule is Cc1c(C(=O)N(C)Cc2nc3ccccc3s2)oc2c(F)cccc12. The molecule has 0 aliphatic heterocycles. The third-order valence-corrected chi connectivity index (χ3v) is 5.19. The van der Waals surface area contributed by atoms with Gasteiger partial charge >= 0.3 is 0 Å². The number of thiazole rings is 1. The summed E-state index contributed by atoms with van der Waals surface area (Å²) < 4.78 is 20.5. The Morgan fingerprint density at radius 3 is 2.80 bits per heavy atom. The Labute approximate surface area is 147 Å². The molecule has 0 aliphatic rings. The first-order valence-corrected chi connectivity index (χ1v) is 8.64. The van der Waals surface area contributed by atoms with Gasteiger partial charge in [-0.05, 0) is 25.1 Å². The third kappa shape index (κ3) is 2.68. The highest BCUT2D eigenvalue weighted by Gasteiger charge is 2.23. The van der Waals surface area contributed by atoms with Crippen molar-refractivity contribution in [2.75, 3.05) is 7.05 Å². The maximum Gasteiger partial charge on any atom is 0.290 e. The van der Waals surface area contributed by atoms with Crippen LogP contribution < -0.4 is 0 Å². The Kier molecular flexibility index (Phi) is 3.77. The molecule has 0 spiro atoms. The van der Waals surface area contributed by atoms with E-state index in [1.54, 1.807) is 42.3 Å². The normalized spacial score (nSPS) is 11.3. The number of fused-ring (bicyclic) bond motifs is 2. The maximum absolute atomic E-state index is 13.9. The molecule has 0 fully saturated rings. The highest BCUT2D eigenvalue weighted by Crippen LogP contribution is 2.29. The van der Waals surface area contributed by atoms with Gasteiger partial charge in [0, 0.05) is 18.0 Å². The Morgan fingerprint density at radius 2 is 2.04 bits per heavy atom. The van der Waals surface area contributed by atoms with Gasteiger partial charge in [-0.25, -0.2) is 9.37 Å². The molecule has 1 amide bonds. The van der Waals surface area contributed by atoms with Crippen LogP contribution in [-0.2, 0) is 6.54 Å². The summed E-state index contributed by atoms with van der Waals surface area (Å²) in [6.07, 6.45) is 0. The molecule has 6 heteroatoms. The summed E-state index contributed by atoms with van der Waals surface area (Å²) in [5.74, 6) is -0.579. The van der Waals surface area contributed by atoms with Crippen molar-refractivity contribution in [1.29, 1.82) is 0 Å². The summed E-state index contributed by atoms with van der Waals surface area (Å²) in [6.45, 7) is 2.14. The number of halogens is 1. The number of benzene rings is 2. The van der Waals surface area contributed by atoms with E-state index in [1.807, 2.05) is 24.3 Å². The van der Waals surface area contributed by atoms with Gasteiger partial charge in [-0.3, -0.25) is 4.79 Å². The number of amides is 1. The molecule has 25 heavy (non-hydrogen) atoms. The summed E-state index contributed by atoms with van der Waals surface area (Å²) in [5, 5.41) is 1.47. The average Bonchev–Trinajstić information content (AvgIpc) is 3.16. The van der Waals surface area contributed by atoms with Crippen LogP contribution in [0.15, 0.2) is 46.9 Å². The summed E-state index contributed by atoms with van der Waals surface area (Å²) >= 11 is 1.55. The predicted molar refractivity (Wildman–Crippen MR) is 96.3 cm³/mol. The molecule has 0 bridgehead atoms. The van der Waals surface area contributed by atoms with Crippen molar-refractivity contribution in [2.24, 2.45) is 0 Å². The number of nitrogens with zero attached hydrogens (tertiary/aromatic N) is 2. The molecular formula is C19H15FN2O2S. The Hall–Kier alpha value is -2.73. The van der Waals surface area contributed by atoms with Crippen molar-refractivity contribution in [1.82, 2.24) is 9.88 Å². The van der Waals surface area contributed by atoms with Crippen molar-refractivity contribution >= 4 is 38.4 Å². The van der Waals surface area contributed by atoms with Crippen molar-refractivity contribution in [3.05, 3.63) is 64.6 Å². The average molecular weight is 354 g/mol. The molecule has 2 aromatic heterocycles. The number of hydrogen-bond donors (Lipinski definition) is 0. The molecule has 0 N–H and O–H groups in total. The van der Waals surface area contributed by atoms with Crippen molar-refractivity contribution in [2.45, 2.75) is 13.5 Å². The van der Waals surface area contributed by atoms with Gasteiger partial charge in [-0.1, -0.05) is 24.3 Å². The minimum Gasteiger partial charge on any atom is -0.448 e. The van der Waals surface area contributed by atoms with Gasteiger partial charge in [-0.2, -0.15) is 0 Å². The zero-order valence-corrected chi connectivity index (χ0v) is 14.6. The maximum atomic E-state index is 13.9. The summed E-state index contributed by atoms with van der Waals surface area (Å²) in [6, 6.07) is 12.5. The summed E-state index contributed by atoms with van der Waals surface area (Å²) in [5.41, 5.74) is 1.69. The monoisotopic (exact) mass is 354 g/mol. The van der Waals surface area contributed by atoms with Crippen LogP contribution in [0.4, 0.5) is 4.39 Å².